The molecule has 24 heavy (non-hydrogen) atoms. The van der Waals surface area contributed by atoms with Gasteiger partial charge in [-0.2, -0.15) is 0 Å². The maximum absolute atomic E-state index is 9.29. The van der Waals surface area contributed by atoms with Crippen molar-refractivity contribution in [3.8, 4) is 0 Å². The van der Waals surface area contributed by atoms with Gasteiger partial charge in [-0.3, -0.25) is 4.98 Å². The number of benzene rings is 1. The summed E-state index contributed by atoms with van der Waals surface area (Å²) in [6.45, 7) is 8.28. The minimum absolute atomic E-state index is 0.181. The van der Waals surface area contributed by atoms with E-state index in [1.165, 1.54) is 5.69 Å². The third kappa shape index (κ3) is 5.82. The van der Waals surface area contributed by atoms with E-state index >= 15 is 0 Å². The van der Waals surface area contributed by atoms with Crippen molar-refractivity contribution in [2.24, 2.45) is 5.92 Å². The maximum Gasteiger partial charge on any atom is 0.0606 e. The van der Waals surface area contributed by atoms with Gasteiger partial charge < -0.3 is 10.0 Å². The molecule has 2 aromatic rings. The monoisotopic (exact) mass is 324 g/mol. The number of aliphatic hydroxyl groups excluding tert-OH is 1. The van der Waals surface area contributed by atoms with Crippen molar-refractivity contribution in [1.29, 1.82) is 0 Å². The first kappa shape index (κ1) is 18.2. The zero-order valence-electron chi connectivity index (χ0n) is 14.9. The molecule has 0 saturated carbocycles. The van der Waals surface area contributed by atoms with Gasteiger partial charge in [-0.15, -0.1) is 0 Å². The Labute approximate surface area is 145 Å². The van der Waals surface area contributed by atoms with Crippen LogP contribution >= 0.6 is 0 Å². The molecule has 0 radical (unpaired) electrons. The van der Waals surface area contributed by atoms with E-state index in [-0.39, 0.29) is 6.61 Å². The van der Waals surface area contributed by atoms with Crippen LogP contribution in [-0.4, -0.2) is 29.8 Å². The molecular weight excluding hydrogens is 296 g/mol. The molecular formula is C21H28N2O. The van der Waals surface area contributed by atoms with E-state index in [2.05, 4.69) is 66.2 Å². The molecule has 0 unspecified atom stereocenters. The Morgan fingerprint density at radius 3 is 2.25 bits per heavy atom. The summed E-state index contributed by atoms with van der Waals surface area (Å²) >= 11 is 0. The Morgan fingerprint density at radius 2 is 1.67 bits per heavy atom. The fourth-order valence-corrected chi connectivity index (χ4v) is 2.47. The van der Waals surface area contributed by atoms with E-state index in [4.69, 9.17) is 0 Å². The highest BCUT2D eigenvalue weighted by Crippen LogP contribution is 2.18. The normalized spacial score (nSPS) is 11.4. The Morgan fingerprint density at radius 1 is 1.00 bits per heavy atom. The van der Waals surface area contributed by atoms with Crippen molar-refractivity contribution in [1.82, 2.24) is 4.98 Å². The zero-order chi connectivity index (χ0) is 17.4. The van der Waals surface area contributed by atoms with Gasteiger partial charge in [0.05, 0.1) is 6.61 Å². The largest absolute Gasteiger partial charge is 0.395 e. The first-order valence-corrected chi connectivity index (χ1v) is 8.65. The van der Waals surface area contributed by atoms with Crippen LogP contribution in [0, 0.1) is 12.8 Å². The highest BCUT2D eigenvalue weighted by molar-refractivity contribution is 5.70. The number of hydrogen-bond donors (Lipinski definition) is 1. The van der Waals surface area contributed by atoms with Crippen LogP contribution in [0.15, 0.2) is 42.6 Å². The second kappa shape index (κ2) is 9.24. The third-order valence-corrected chi connectivity index (χ3v) is 4.01. The molecule has 0 amide bonds. The Bertz CT molecular complexity index is 630. The number of pyridine rings is 1. The average Bonchev–Trinajstić information content (AvgIpc) is 2.58. The number of anilines is 1. The molecule has 1 aromatic heterocycles. The molecule has 2 rings (SSSR count). The standard InChI is InChI=1S/C21H28N2O/c1-17(2)12-13-23(14-15-24)21-10-8-19(9-11-21)6-7-20-5-4-18(3)22-16-20/h4-11,16-17,24H,12-15H2,1-3H3. The number of aliphatic hydroxyl groups is 1. The molecule has 0 fully saturated rings. The lowest BCUT2D eigenvalue weighted by Gasteiger charge is -2.25. The molecule has 0 saturated heterocycles. The van der Waals surface area contributed by atoms with Crippen LogP contribution in [0.1, 0.15) is 37.1 Å². The predicted octanol–water partition coefficient (Wildman–Crippen LogP) is 4.41. The molecule has 1 aromatic carbocycles. The summed E-state index contributed by atoms with van der Waals surface area (Å²) in [6, 6.07) is 12.6. The number of rotatable bonds is 8. The van der Waals surface area contributed by atoms with E-state index in [0.717, 1.165) is 29.8 Å². The number of hydrogen-bond acceptors (Lipinski definition) is 3. The van der Waals surface area contributed by atoms with Crippen molar-refractivity contribution >= 4 is 17.8 Å². The van der Waals surface area contributed by atoms with E-state index in [0.29, 0.717) is 12.5 Å². The van der Waals surface area contributed by atoms with Crippen LogP contribution in [0.4, 0.5) is 5.69 Å². The molecule has 0 aliphatic heterocycles. The summed E-state index contributed by atoms with van der Waals surface area (Å²) < 4.78 is 0. The van der Waals surface area contributed by atoms with Gasteiger partial charge in [0.2, 0.25) is 0 Å². The Hall–Kier alpha value is -2.13. The van der Waals surface area contributed by atoms with Gasteiger partial charge in [-0.1, -0.05) is 44.2 Å². The molecule has 0 bridgehead atoms. The highest BCUT2D eigenvalue weighted by atomic mass is 16.3. The SMILES string of the molecule is Cc1ccc(C=Cc2ccc(N(CCO)CCC(C)C)cc2)cn1. The molecule has 0 atom stereocenters. The quantitative estimate of drug-likeness (QED) is 0.781. The first-order chi connectivity index (χ1) is 11.6. The van der Waals surface area contributed by atoms with Crippen LogP contribution in [0.2, 0.25) is 0 Å². The van der Waals surface area contributed by atoms with Crippen molar-refractivity contribution < 1.29 is 5.11 Å². The van der Waals surface area contributed by atoms with E-state index in [1.54, 1.807) is 0 Å². The van der Waals surface area contributed by atoms with Crippen LogP contribution in [0.5, 0.6) is 0 Å². The van der Waals surface area contributed by atoms with E-state index < -0.39 is 0 Å². The molecule has 128 valence electrons. The van der Waals surface area contributed by atoms with Crippen molar-refractivity contribution in [3.63, 3.8) is 0 Å². The van der Waals surface area contributed by atoms with E-state index in [9.17, 15) is 5.11 Å². The maximum atomic E-state index is 9.29. The topological polar surface area (TPSA) is 36.4 Å². The molecule has 3 heteroatoms. The lowest BCUT2D eigenvalue weighted by atomic mass is 10.1. The molecule has 0 aliphatic carbocycles. The summed E-state index contributed by atoms with van der Waals surface area (Å²) in [5, 5.41) is 9.29. The van der Waals surface area contributed by atoms with Gasteiger partial charge in [-0.05, 0) is 48.6 Å². The molecule has 1 N–H and O–H groups in total. The first-order valence-electron chi connectivity index (χ1n) is 8.65. The molecule has 1 heterocycles. The summed E-state index contributed by atoms with van der Waals surface area (Å²) in [4.78, 5) is 6.55. The number of aryl methyl sites for hydroxylation is 1. The third-order valence-electron chi connectivity index (χ3n) is 4.01. The van der Waals surface area contributed by atoms with Gasteiger partial charge in [0, 0.05) is 30.7 Å². The van der Waals surface area contributed by atoms with Crippen LogP contribution in [-0.2, 0) is 0 Å². The van der Waals surface area contributed by atoms with Crippen LogP contribution < -0.4 is 4.90 Å². The van der Waals surface area contributed by atoms with Crippen molar-refractivity contribution in [2.75, 3.05) is 24.6 Å². The second-order valence-corrected chi connectivity index (χ2v) is 6.55. The van der Waals surface area contributed by atoms with Gasteiger partial charge in [-0.25, -0.2) is 0 Å². The minimum atomic E-state index is 0.181. The van der Waals surface area contributed by atoms with Crippen LogP contribution in [0.3, 0.4) is 0 Å². The minimum Gasteiger partial charge on any atom is -0.395 e. The smallest absolute Gasteiger partial charge is 0.0606 e. The Kier molecular flexibility index (Phi) is 7.01. The van der Waals surface area contributed by atoms with E-state index in [1.807, 2.05) is 19.2 Å². The lowest BCUT2D eigenvalue weighted by Crippen LogP contribution is -2.28. The van der Waals surface area contributed by atoms with Crippen molar-refractivity contribution in [2.45, 2.75) is 27.2 Å². The predicted molar refractivity (Wildman–Crippen MR) is 103 cm³/mol. The van der Waals surface area contributed by atoms with Crippen LogP contribution in [0.25, 0.3) is 12.2 Å². The van der Waals surface area contributed by atoms with Gasteiger partial charge >= 0.3 is 0 Å². The molecule has 0 spiro atoms. The summed E-state index contributed by atoms with van der Waals surface area (Å²) in [6.07, 6.45) is 7.18. The molecule has 3 nitrogen and oxygen atoms in total. The zero-order valence-corrected chi connectivity index (χ0v) is 14.9. The highest BCUT2D eigenvalue weighted by Gasteiger charge is 2.06. The Balaban J connectivity index is 2.03. The second-order valence-electron chi connectivity index (χ2n) is 6.55. The average molecular weight is 324 g/mol. The van der Waals surface area contributed by atoms with Gasteiger partial charge in [0.15, 0.2) is 0 Å². The fourth-order valence-electron chi connectivity index (χ4n) is 2.47. The molecule has 0 aliphatic rings. The lowest BCUT2D eigenvalue weighted by molar-refractivity contribution is 0.301. The number of aromatic nitrogens is 1. The van der Waals surface area contributed by atoms with Gasteiger partial charge in [0.25, 0.3) is 0 Å². The summed E-state index contributed by atoms with van der Waals surface area (Å²) in [7, 11) is 0. The fraction of sp³-hybridized carbons (Fsp3) is 0.381. The van der Waals surface area contributed by atoms with Gasteiger partial charge in [0.1, 0.15) is 0 Å². The van der Waals surface area contributed by atoms with Crippen molar-refractivity contribution in [3.05, 3.63) is 59.4 Å². The summed E-state index contributed by atoms with van der Waals surface area (Å²) in [5.74, 6) is 0.663. The summed E-state index contributed by atoms with van der Waals surface area (Å²) in [5.41, 5.74) is 4.45. The number of nitrogens with zero attached hydrogens (tertiary/aromatic N) is 2.